The van der Waals surface area contributed by atoms with Crippen molar-refractivity contribution in [2.24, 2.45) is 17.8 Å². The Labute approximate surface area is 107 Å². The minimum absolute atomic E-state index is 0.311. The van der Waals surface area contributed by atoms with Crippen LogP contribution < -0.4 is 0 Å². The van der Waals surface area contributed by atoms with E-state index in [1.807, 2.05) is 0 Å². The first-order valence-corrected chi connectivity index (χ1v) is 7.24. The highest BCUT2D eigenvalue weighted by Gasteiger charge is 2.28. The summed E-state index contributed by atoms with van der Waals surface area (Å²) in [7, 11) is 2.16. The second kappa shape index (κ2) is 7.15. The lowest BCUT2D eigenvalue weighted by molar-refractivity contribution is -0.126. The Morgan fingerprint density at radius 3 is 2.71 bits per heavy atom. The summed E-state index contributed by atoms with van der Waals surface area (Å²) in [5, 5.41) is 0. The van der Waals surface area contributed by atoms with Gasteiger partial charge in [-0.15, -0.1) is 0 Å². The van der Waals surface area contributed by atoms with E-state index in [2.05, 4.69) is 32.7 Å². The first-order valence-electron chi connectivity index (χ1n) is 7.24. The Balaban J connectivity index is 2.34. The Morgan fingerprint density at radius 1 is 1.41 bits per heavy atom. The van der Waals surface area contributed by atoms with Gasteiger partial charge in [-0.25, -0.2) is 0 Å². The molecule has 100 valence electrons. The normalized spacial score (nSPS) is 25.9. The molecular weight excluding hydrogens is 210 g/mol. The number of hydrogen-bond acceptors (Lipinski definition) is 2. The van der Waals surface area contributed by atoms with Gasteiger partial charge in [0.05, 0.1) is 0 Å². The highest BCUT2D eigenvalue weighted by atomic mass is 16.1. The van der Waals surface area contributed by atoms with E-state index in [-0.39, 0.29) is 0 Å². The Morgan fingerprint density at radius 2 is 2.12 bits per heavy atom. The summed E-state index contributed by atoms with van der Waals surface area (Å²) >= 11 is 0. The van der Waals surface area contributed by atoms with E-state index in [9.17, 15) is 4.79 Å². The summed E-state index contributed by atoms with van der Waals surface area (Å²) in [6.45, 7) is 8.86. The van der Waals surface area contributed by atoms with E-state index < -0.39 is 0 Å². The van der Waals surface area contributed by atoms with E-state index in [0.717, 1.165) is 44.2 Å². The summed E-state index contributed by atoms with van der Waals surface area (Å²) in [5.74, 6) is 2.36. The molecule has 0 aromatic carbocycles. The molecule has 0 aromatic rings. The van der Waals surface area contributed by atoms with Crippen molar-refractivity contribution in [1.29, 1.82) is 0 Å². The van der Waals surface area contributed by atoms with Crippen LogP contribution in [0.15, 0.2) is 0 Å². The first kappa shape index (κ1) is 14.7. The molecule has 0 amide bonds. The third-order valence-corrected chi connectivity index (χ3v) is 4.07. The minimum atomic E-state index is 0.311. The molecule has 1 aliphatic rings. The molecule has 0 aliphatic heterocycles. The Kier molecular flexibility index (Phi) is 6.18. The van der Waals surface area contributed by atoms with Gasteiger partial charge in [0.15, 0.2) is 0 Å². The van der Waals surface area contributed by atoms with Gasteiger partial charge in [-0.05, 0) is 44.7 Å². The molecule has 0 bridgehead atoms. The van der Waals surface area contributed by atoms with Crippen molar-refractivity contribution in [3.05, 3.63) is 0 Å². The summed E-state index contributed by atoms with van der Waals surface area (Å²) < 4.78 is 0. The topological polar surface area (TPSA) is 20.3 Å². The number of rotatable bonds is 6. The lowest BCUT2D eigenvalue weighted by atomic mass is 9.79. The van der Waals surface area contributed by atoms with Crippen LogP contribution in [-0.2, 0) is 4.79 Å². The van der Waals surface area contributed by atoms with Crippen LogP contribution in [0.1, 0.15) is 52.9 Å². The maximum Gasteiger partial charge on any atom is 0.137 e. The average Bonchev–Trinajstić information content (AvgIpc) is 2.29. The highest BCUT2D eigenvalue weighted by molar-refractivity contribution is 5.81. The monoisotopic (exact) mass is 239 g/mol. The predicted octanol–water partition coefficient (Wildman–Crippen LogP) is 3.36. The van der Waals surface area contributed by atoms with E-state index in [4.69, 9.17) is 0 Å². The molecule has 0 heterocycles. The number of carbonyl (C=O) groups is 1. The first-order chi connectivity index (χ1) is 8.02. The molecule has 0 radical (unpaired) electrons. The molecular formula is C15H29NO. The number of carbonyl (C=O) groups excluding carboxylic acids is 1. The smallest absolute Gasteiger partial charge is 0.137 e. The third-order valence-electron chi connectivity index (χ3n) is 4.07. The fraction of sp³-hybridized carbons (Fsp3) is 0.933. The van der Waals surface area contributed by atoms with Crippen LogP contribution in [-0.4, -0.2) is 30.8 Å². The fourth-order valence-electron chi connectivity index (χ4n) is 2.70. The second-order valence-corrected chi connectivity index (χ2v) is 6.16. The maximum absolute atomic E-state index is 11.9. The zero-order chi connectivity index (χ0) is 12.8. The van der Waals surface area contributed by atoms with Crippen LogP contribution in [0.2, 0.25) is 0 Å². The minimum Gasteiger partial charge on any atom is -0.306 e. The van der Waals surface area contributed by atoms with Crippen molar-refractivity contribution in [2.45, 2.75) is 52.9 Å². The van der Waals surface area contributed by atoms with Gasteiger partial charge in [0, 0.05) is 18.9 Å². The van der Waals surface area contributed by atoms with Gasteiger partial charge >= 0.3 is 0 Å². The molecule has 1 aliphatic carbocycles. The van der Waals surface area contributed by atoms with Crippen molar-refractivity contribution < 1.29 is 4.79 Å². The van der Waals surface area contributed by atoms with E-state index in [1.165, 1.54) is 12.8 Å². The van der Waals surface area contributed by atoms with Crippen molar-refractivity contribution in [2.75, 3.05) is 20.1 Å². The summed E-state index contributed by atoms with van der Waals surface area (Å²) in [6, 6.07) is 0. The molecule has 2 heteroatoms. The molecule has 0 N–H and O–H groups in total. The number of nitrogens with zero attached hydrogens (tertiary/aromatic N) is 1. The summed E-state index contributed by atoms with van der Waals surface area (Å²) in [6.07, 6.45) is 5.54. The van der Waals surface area contributed by atoms with Crippen LogP contribution in [0, 0.1) is 17.8 Å². The van der Waals surface area contributed by atoms with Crippen LogP contribution in [0.3, 0.4) is 0 Å². The predicted molar refractivity (Wildman–Crippen MR) is 73.1 cm³/mol. The zero-order valence-corrected chi connectivity index (χ0v) is 12.0. The maximum atomic E-state index is 11.9. The van der Waals surface area contributed by atoms with Crippen molar-refractivity contribution in [1.82, 2.24) is 4.90 Å². The zero-order valence-electron chi connectivity index (χ0n) is 12.0. The standard InChI is InChI=1S/C15H29NO/c1-5-13-6-7-15(17)14(10-13)11-16(4)9-8-12(2)3/h12-14H,5-11H2,1-4H3. The summed E-state index contributed by atoms with van der Waals surface area (Å²) in [5.41, 5.74) is 0. The quantitative estimate of drug-likeness (QED) is 0.708. The van der Waals surface area contributed by atoms with Crippen LogP contribution in [0.25, 0.3) is 0 Å². The van der Waals surface area contributed by atoms with Gasteiger partial charge < -0.3 is 4.90 Å². The number of hydrogen-bond donors (Lipinski definition) is 0. The molecule has 1 fully saturated rings. The van der Waals surface area contributed by atoms with Gasteiger partial charge in [-0.1, -0.05) is 27.2 Å². The number of ketones is 1. The van der Waals surface area contributed by atoms with Crippen molar-refractivity contribution in [3.63, 3.8) is 0 Å². The van der Waals surface area contributed by atoms with E-state index >= 15 is 0 Å². The van der Waals surface area contributed by atoms with E-state index in [0.29, 0.717) is 11.7 Å². The number of Topliss-reactive ketones (excluding diaryl/α,β-unsaturated/α-hetero) is 1. The van der Waals surface area contributed by atoms with Crippen LogP contribution in [0.4, 0.5) is 0 Å². The fourth-order valence-corrected chi connectivity index (χ4v) is 2.70. The molecule has 0 spiro atoms. The van der Waals surface area contributed by atoms with Crippen LogP contribution >= 0.6 is 0 Å². The third kappa shape index (κ3) is 5.20. The SMILES string of the molecule is CCC1CCC(=O)C(CN(C)CCC(C)C)C1. The van der Waals surface area contributed by atoms with Gasteiger partial charge in [-0.2, -0.15) is 0 Å². The second-order valence-electron chi connectivity index (χ2n) is 6.16. The van der Waals surface area contributed by atoms with Gasteiger partial charge in [0.25, 0.3) is 0 Å². The van der Waals surface area contributed by atoms with Crippen molar-refractivity contribution in [3.8, 4) is 0 Å². The molecule has 1 rings (SSSR count). The van der Waals surface area contributed by atoms with Gasteiger partial charge in [-0.3, -0.25) is 4.79 Å². The molecule has 2 unspecified atom stereocenters. The molecule has 1 saturated carbocycles. The molecule has 2 atom stereocenters. The molecule has 0 saturated heterocycles. The highest BCUT2D eigenvalue weighted by Crippen LogP contribution is 2.29. The molecule has 17 heavy (non-hydrogen) atoms. The Hall–Kier alpha value is -0.370. The largest absolute Gasteiger partial charge is 0.306 e. The van der Waals surface area contributed by atoms with Crippen molar-refractivity contribution >= 4 is 5.78 Å². The average molecular weight is 239 g/mol. The Bertz CT molecular complexity index is 237. The lowest BCUT2D eigenvalue weighted by Crippen LogP contribution is -2.35. The summed E-state index contributed by atoms with van der Waals surface area (Å²) in [4.78, 5) is 14.3. The lowest BCUT2D eigenvalue weighted by Gasteiger charge is -2.30. The van der Waals surface area contributed by atoms with Crippen LogP contribution in [0.5, 0.6) is 0 Å². The van der Waals surface area contributed by atoms with Gasteiger partial charge in [0.2, 0.25) is 0 Å². The van der Waals surface area contributed by atoms with E-state index in [1.54, 1.807) is 0 Å². The molecule has 0 aromatic heterocycles. The van der Waals surface area contributed by atoms with Gasteiger partial charge in [0.1, 0.15) is 5.78 Å². The molecule has 2 nitrogen and oxygen atoms in total.